The molecule has 46 heavy (non-hydrogen) atoms. The summed E-state index contributed by atoms with van der Waals surface area (Å²) in [5, 5.41) is 3.87. The first-order valence-electron chi connectivity index (χ1n) is 16.0. The van der Waals surface area contributed by atoms with Crippen molar-refractivity contribution in [2.45, 2.75) is 41.5 Å². The van der Waals surface area contributed by atoms with Crippen LogP contribution in [0.15, 0.2) is 121 Å². The lowest BCUT2D eigenvalue weighted by Crippen LogP contribution is -2.54. The quantitative estimate of drug-likeness (QED) is 0.129. The fourth-order valence-electron chi connectivity index (χ4n) is 7.80. The topological polar surface area (TPSA) is 0 Å². The first-order chi connectivity index (χ1) is 22.2. The van der Waals surface area contributed by atoms with Crippen molar-refractivity contribution < 1.29 is 0 Å². The lowest BCUT2D eigenvalue weighted by molar-refractivity contribution is 1.34. The van der Waals surface area contributed by atoms with Crippen LogP contribution in [0.25, 0.3) is 10.9 Å². The van der Waals surface area contributed by atoms with Crippen LogP contribution >= 0.6 is 17.4 Å². The minimum Gasteiger partial charge on any atom is -0.149 e. The van der Waals surface area contributed by atoms with Crippen molar-refractivity contribution in [1.82, 2.24) is 0 Å². The van der Waals surface area contributed by atoms with Crippen molar-refractivity contribution in [1.29, 1.82) is 0 Å². The summed E-state index contributed by atoms with van der Waals surface area (Å²) in [6, 6.07) is 42.5. The number of aryl methyl sites for hydroxylation is 6. The molecule has 0 N–H and O–H groups in total. The lowest BCUT2D eigenvalue weighted by atomic mass is 9.37. The highest BCUT2D eigenvalue weighted by Gasteiger charge is 2.40. The molecule has 4 heteroatoms. The molecule has 226 valence electrons. The van der Waals surface area contributed by atoms with E-state index in [0.717, 1.165) is 0 Å². The average Bonchev–Trinajstić information content (AvgIpc) is 3.61. The normalized spacial score (nSPS) is 15.7. The molecule has 6 aromatic rings. The minimum absolute atomic E-state index is 0.138. The predicted octanol–water partition coefficient (Wildman–Crippen LogP) is 8.48. The van der Waals surface area contributed by atoms with Gasteiger partial charge in [-0.1, -0.05) is 171 Å². The molecule has 1 aliphatic rings. The summed E-state index contributed by atoms with van der Waals surface area (Å²) in [6.07, 6.45) is 0. The smallest absolute Gasteiger partial charge is 0.149 e. The van der Waals surface area contributed by atoms with Crippen LogP contribution in [0.5, 0.6) is 0 Å². The van der Waals surface area contributed by atoms with Gasteiger partial charge in [0, 0.05) is 27.1 Å². The number of hydrogen-bond acceptors (Lipinski definition) is 2. The van der Waals surface area contributed by atoms with E-state index in [0.29, 0.717) is 0 Å². The zero-order chi connectivity index (χ0) is 32.2. The monoisotopic (exact) mass is 648 g/mol. The Morgan fingerprint density at radius 3 is 1.63 bits per heavy atom. The standard InChI is InChI=1S/C42H38BPS2/c1-27-23-29(3)40(30(4)24-27)43(41-31(5)25-28(2)26-32(41)6)38-22-21-37(46-38)42-39(33-15-9-7-10-16-33)35-19-13-14-20-36(35)44(42,45)34-17-11-8-12-18-34/h7-26H,1-6H3. The molecule has 0 amide bonds. The number of thiophene rings is 1. The van der Waals surface area contributed by atoms with Crippen LogP contribution in [0.2, 0.25) is 0 Å². The summed E-state index contributed by atoms with van der Waals surface area (Å²) in [5.41, 5.74) is 14.7. The molecule has 0 radical (unpaired) electrons. The third-order valence-corrected chi connectivity index (χ3v) is 15.7. The van der Waals surface area contributed by atoms with Crippen molar-refractivity contribution in [2.24, 2.45) is 0 Å². The van der Waals surface area contributed by atoms with E-state index in [1.807, 2.05) is 11.3 Å². The average molecular weight is 649 g/mol. The Kier molecular flexibility index (Phi) is 8.14. The maximum absolute atomic E-state index is 7.00. The van der Waals surface area contributed by atoms with Crippen molar-refractivity contribution in [3.63, 3.8) is 0 Å². The SMILES string of the molecule is Cc1cc(C)c(B(c2ccc(C3=C(c4ccccc4)c4ccccc4P3(=S)c3ccccc3)s2)c2c(C)cc(C)cc2C)c(C)c1. The van der Waals surface area contributed by atoms with Crippen LogP contribution < -0.4 is 26.3 Å². The van der Waals surface area contributed by atoms with Gasteiger partial charge in [0.2, 0.25) is 0 Å². The molecule has 2 heterocycles. The summed E-state index contributed by atoms with van der Waals surface area (Å²) < 4.78 is 1.37. The second-order valence-corrected chi connectivity index (χ2v) is 18.2. The Hall–Kier alpha value is -3.75. The van der Waals surface area contributed by atoms with Gasteiger partial charge in [-0.2, -0.15) is 0 Å². The van der Waals surface area contributed by atoms with E-state index in [4.69, 9.17) is 11.8 Å². The van der Waals surface area contributed by atoms with Gasteiger partial charge in [0.15, 0.2) is 0 Å². The second-order valence-electron chi connectivity index (χ2n) is 12.8. The molecule has 0 bridgehead atoms. The van der Waals surface area contributed by atoms with Crippen molar-refractivity contribution >= 4 is 73.1 Å². The fraction of sp³-hybridized carbons (Fsp3) is 0.143. The number of fused-ring (bicyclic) bond motifs is 1. The molecule has 7 rings (SSSR count). The van der Waals surface area contributed by atoms with Crippen molar-refractivity contribution in [2.75, 3.05) is 0 Å². The van der Waals surface area contributed by atoms with E-state index in [1.54, 1.807) is 0 Å². The van der Waals surface area contributed by atoms with Gasteiger partial charge < -0.3 is 0 Å². The highest BCUT2D eigenvalue weighted by atomic mass is 32.4. The molecule has 1 aliphatic heterocycles. The van der Waals surface area contributed by atoms with Crippen LogP contribution in [0, 0.1) is 41.5 Å². The maximum Gasteiger partial charge on any atom is 0.255 e. The molecule has 0 aliphatic carbocycles. The summed E-state index contributed by atoms with van der Waals surface area (Å²) in [7, 11) is 0. The summed E-state index contributed by atoms with van der Waals surface area (Å²) in [6.45, 7) is 13.7. The van der Waals surface area contributed by atoms with Crippen molar-refractivity contribution in [3.8, 4) is 0 Å². The third-order valence-electron chi connectivity index (χ3n) is 9.44. The number of benzene rings is 5. The largest absolute Gasteiger partial charge is 0.255 e. The van der Waals surface area contributed by atoms with Gasteiger partial charge >= 0.3 is 0 Å². The Bertz CT molecular complexity index is 2090. The summed E-state index contributed by atoms with van der Waals surface area (Å²) in [4.78, 5) is 1.28. The highest BCUT2D eigenvalue weighted by Crippen LogP contribution is 2.66. The fourth-order valence-corrected chi connectivity index (χ4v) is 14.2. The molecule has 1 unspecified atom stereocenters. The maximum atomic E-state index is 7.00. The highest BCUT2D eigenvalue weighted by molar-refractivity contribution is 8.27. The molecule has 0 saturated carbocycles. The molecular weight excluding hydrogens is 610 g/mol. The zero-order valence-corrected chi connectivity index (χ0v) is 29.9. The lowest BCUT2D eigenvalue weighted by Gasteiger charge is -2.24. The molecule has 0 saturated heterocycles. The van der Waals surface area contributed by atoms with E-state index < -0.39 is 6.04 Å². The second kappa shape index (κ2) is 12.1. The summed E-state index contributed by atoms with van der Waals surface area (Å²) in [5.74, 6) is 0. The first-order valence-corrected chi connectivity index (χ1v) is 19.6. The van der Waals surface area contributed by atoms with Crippen LogP contribution in [-0.2, 0) is 11.8 Å². The van der Waals surface area contributed by atoms with Crippen LogP contribution in [0.1, 0.15) is 49.4 Å². The minimum atomic E-state index is -2.35. The molecule has 0 nitrogen and oxygen atoms in total. The van der Waals surface area contributed by atoms with E-state index in [9.17, 15) is 0 Å². The first kappa shape index (κ1) is 30.9. The van der Waals surface area contributed by atoms with Gasteiger partial charge in [-0.05, 0) is 68.8 Å². The molecule has 5 aromatic carbocycles. The van der Waals surface area contributed by atoms with Gasteiger partial charge in [0.25, 0.3) is 6.71 Å². The van der Waals surface area contributed by atoms with E-state index in [2.05, 4.69) is 163 Å². The van der Waals surface area contributed by atoms with Crippen LogP contribution in [-0.4, -0.2) is 6.71 Å². The van der Waals surface area contributed by atoms with E-state index in [-0.39, 0.29) is 6.71 Å². The molecule has 1 aromatic heterocycles. The molecule has 0 spiro atoms. The van der Waals surface area contributed by atoms with E-state index in [1.165, 1.54) is 86.6 Å². The molecule has 1 atom stereocenters. The van der Waals surface area contributed by atoms with Crippen LogP contribution in [0.4, 0.5) is 0 Å². The molecule has 0 fully saturated rings. The van der Waals surface area contributed by atoms with Gasteiger partial charge in [0.1, 0.15) is 0 Å². The zero-order valence-electron chi connectivity index (χ0n) is 27.4. The van der Waals surface area contributed by atoms with Crippen LogP contribution in [0.3, 0.4) is 0 Å². The Labute approximate surface area is 284 Å². The van der Waals surface area contributed by atoms with E-state index >= 15 is 0 Å². The van der Waals surface area contributed by atoms with Gasteiger partial charge in [-0.3, -0.25) is 0 Å². The van der Waals surface area contributed by atoms with Gasteiger partial charge in [-0.15, -0.1) is 11.3 Å². The van der Waals surface area contributed by atoms with Gasteiger partial charge in [0.05, 0.1) is 0 Å². The Morgan fingerprint density at radius 2 is 1.07 bits per heavy atom. The molecular formula is C42H38BPS2. The Morgan fingerprint density at radius 1 is 0.565 bits per heavy atom. The third kappa shape index (κ3) is 5.10. The van der Waals surface area contributed by atoms with Gasteiger partial charge in [-0.25, -0.2) is 0 Å². The predicted molar refractivity (Wildman–Crippen MR) is 209 cm³/mol. The summed E-state index contributed by atoms with van der Waals surface area (Å²) >= 11 is 8.94. The Balaban J connectivity index is 1.53. The van der Waals surface area contributed by atoms with Crippen molar-refractivity contribution in [3.05, 3.63) is 171 Å². The number of rotatable bonds is 6. The number of hydrogen-bond donors (Lipinski definition) is 0.